The van der Waals surface area contributed by atoms with Crippen LogP contribution in [-0.2, 0) is 4.79 Å². The molecular weight excluding hydrogens is 418 g/mol. The Morgan fingerprint density at radius 2 is 1.70 bits per heavy atom. The third kappa shape index (κ3) is 3.98. The van der Waals surface area contributed by atoms with Gasteiger partial charge in [-0.1, -0.05) is 36.4 Å². The summed E-state index contributed by atoms with van der Waals surface area (Å²) in [6, 6.07) is 18.6. The number of pyridine rings is 1. The number of hydrogen-bond acceptors (Lipinski definition) is 4. The molecule has 7 heteroatoms. The van der Waals surface area contributed by atoms with Gasteiger partial charge in [-0.2, -0.15) is 0 Å². The average molecular weight is 441 g/mol. The van der Waals surface area contributed by atoms with Gasteiger partial charge in [0.25, 0.3) is 11.5 Å². The van der Waals surface area contributed by atoms with Crippen LogP contribution in [0, 0.1) is 5.92 Å². The van der Waals surface area contributed by atoms with Gasteiger partial charge in [0, 0.05) is 12.2 Å². The number of benzene rings is 2. The maximum absolute atomic E-state index is 13.3. The van der Waals surface area contributed by atoms with E-state index in [1.54, 1.807) is 24.4 Å². The molecule has 1 saturated carbocycles. The summed E-state index contributed by atoms with van der Waals surface area (Å²) in [5.74, 6) is -1.43. The van der Waals surface area contributed by atoms with Crippen molar-refractivity contribution in [2.24, 2.45) is 5.92 Å². The van der Waals surface area contributed by atoms with Crippen molar-refractivity contribution in [1.29, 1.82) is 0 Å². The zero-order chi connectivity index (χ0) is 22.9. The number of carbonyl (C=O) groups is 2. The van der Waals surface area contributed by atoms with E-state index >= 15 is 0 Å². The second-order valence-corrected chi connectivity index (χ2v) is 8.49. The summed E-state index contributed by atoms with van der Waals surface area (Å²) in [7, 11) is 0. The molecule has 33 heavy (non-hydrogen) atoms. The Morgan fingerprint density at radius 3 is 2.42 bits per heavy atom. The lowest BCUT2D eigenvalue weighted by atomic mass is 9.86. The fraction of sp³-hybridized carbons (Fsp3) is 0.231. The standard InChI is InChI=1S/C26H23N3O4/c30-24(27-19-11-8-17(9-12-19)26(32)33)20-7-4-14-29-23(20)28-22-13-10-18(15-21(22)25(29)31)16-5-2-1-3-6-16/h1-7,10,13-15,17,19H,8-9,11-12H2,(H,27,30)(H,32,33)/t17-,19+. The molecule has 0 unspecified atom stereocenters. The van der Waals surface area contributed by atoms with Crippen molar-refractivity contribution in [1.82, 2.24) is 14.7 Å². The number of carbonyl (C=O) groups excluding carboxylic acids is 1. The molecule has 2 aromatic heterocycles. The van der Waals surface area contributed by atoms with Crippen molar-refractivity contribution in [2.75, 3.05) is 0 Å². The van der Waals surface area contributed by atoms with Crippen LogP contribution in [0.15, 0.2) is 71.7 Å². The number of fused-ring (bicyclic) bond motifs is 2. The molecule has 0 spiro atoms. The Balaban J connectivity index is 1.49. The highest BCUT2D eigenvalue weighted by Crippen LogP contribution is 2.25. The lowest BCUT2D eigenvalue weighted by molar-refractivity contribution is -0.142. The van der Waals surface area contributed by atoms with E-state index in [4.69, 9.17) is 5.11 Å². The van der Waals surface area contributed by atoms with E-state index in [9.17, 15) is 14.4 Å². The molecule has 0 aliphatic heterocycles. The molecule has 0 atom stereocenters. The van der Waals surface area contributed by atoms with Crippen LogP contribution in [0.1, 0.15) is 36.0 Å². The fourth-order valence-electron chi connectivity index (χ4n) is 4.56. The minimum atomic E-state index is -0.778. The molecule has 166 valence electrons. The summed E-state index contributed by atoms with van der Waals surface area (Å²) in [5, 5.41) is 12.7. The van der Waals surface area contributed by atoms with Gasteiger partial charge in [-0.05, 0) is 61.1 Å². The second-order valence-electron chi connectivity index (χ2n) is 8.49. The highest BCUT2D eigenvalue weighted by molar-refractivity contribution is 6.01. The van der Waals surface area contributed by atoms with Gasteiger partial charge in [0.05, 0.1) is 22.4 Å². The third-order valence-corrected chi connectivity index (χ3v) is 6.40. The summed E-state index contributed by atoms with van der Waals surface area (Å²) < 4.78 is 1.41. The van der Waals surface area contributed by atoms with E-state index in [0.29, 0.717) is 47.8 Å². The lowest BCUT2D eigenvalue weighted by Crippen LogP contribution is -2.39. The first-order valence-corrected chi connectivity index (χ1v) is 11.1. The van der Waals surface area contributed by atoms with Gasteiger partial charge in [-0.15, -0.1) is 0 Å². The predicted octanol–water partition coefficient (Wildman–Crippen LogP) is 3.89. The van der Waals surface area contributed by atoms with Crippen LogP contribution in [0.25, 0.3) is 27.7 Å². The molecule has 0 saturated heterocycles. The Morgan fingerprint density at radius 1 is 0.939 bits per heavy atom. The van der Waals surface area contributed by atoms with Crippen molar-refractivity contribution in [3.05, 3.63) is 82.8 Å². The van der Waals surface area contributed by atoms with Crippen LogP contribution in [0.5, 0.6) is 0 Å². The minimum Gasteiger partial charge on any atom is -0.481 e. The monoisotopic (exact) mass is 441 g/mol. The second kappa shape index (κ2) is 8.50. The summed E-state index contributed by atoms with van der Waals surface area (Å²) in [5.41, 5.74) is 2.86. The van der Waals surface area contributed by atoms with Crippen LogP contribution >= 0.6 is 0 Å². The number of aromatic nitrogens is 2. The van der Waals surface area contributed by atoms with Crippen molar-refractivity contribution in [3.8, 4) is 11.1 Å². The van der Waals surface area contributed by atoms with Gasteiger partial charge >= 0.3 is 5.97 Å². The van der Waals surface area contributed by atoms with Crippen LogP contribution in [0.4, 0.5) is 0 Å². The molecule has 1 aliphatic carbocycles. The minimum absolute atomic E-state index is 0.0889. The van der Waals surface area contributed by atoms with Crippen molar-refractivity contribution < 1.29 is 14.7 Å². The van der Waals surface area contributed by atoms with Crippen LogP contribution < -0.4 is 10.9 Å². The smallest absolute Gasteiger partial charge is 0.306 e. The summed E-state index contributed by atoms with van der Waals surface area (Å²) in [6.07, 6.45) is 3.94. The topological polar surface area (TPSA) is 101 Å². The van der Waals surface area contributed by atoms with Gasteiger partial charge in [0.2, 0.25) is 0 Å². The number of carboxylic acids is 1. The van der Waals surface area contributed by atoms with Gasteiger partial charge < -0.3 is 10.4 Å². The quantitative estimate of drug-likeness (QED) is 0.468. The zero-order valence-electron chi connectivity index (χ0n) is 17.9. The fourth-order valence-corrected chi connectivity index (χ4v) is 4.56. The molecule has 0 radical (unpaired) electrons. The highest BCUT2D eigenvalue weighted by Gasteiger charge is 2.27. The Labute approximate surface area is 189 Å². The SMILES string of the molecule is O=C(N[C@H]1CC[C@@H](C(=O)O)CC1)c1cccn2c(=O)c3cc(-c4ccccc4)ccc3nc12. The first-order chi connectivity index (χ1) is 16.0. The van der Waals surface area contributed by atoms with Crippen LogP contribution in [-0.4, -0.2) is 32.4 Å². The number of aliphatic carboxylic acids is 1. The summed E-state index contributed by atoms with van der Waals surface area (Å²) >= 11 is 0. The third-order valence-electron chi connectivity index (χ3n) is 6.40. The maximum atomic E-state index is 13.3. The van der Waals surface area contributed by atoms with E-state index in [0.717, 1.165) is 11.1 Å². The van der Waals surface area contributed by atoms with Crippen LogP contribution in [0.2, 0.25) is 0 Å². The molecule has 4 aromatic rings. The Hall–Kier alpha value is -4.00. The molecule has 2 N–H and O–H groups in total. The number of carboxylic acid groups (broad SMARTS) is 1. The van der Waals surface area contributed by atoms with E-state index in [1.165, 1.54) is 4.40 Å². The maximum Gasteiger partial charge on any atom is 0.306 e. The average Bonchev–Trinajstić information content (AvgIpc) is 2.84. The van der Waals surface area contributed by atoms with E-state index in [2.05, 4.69) is 10.3 Å². The predicted molar refractivity (Wildman–Crippen MR) is 125 cm³/mol. The van der Waals surface area contributed by atoms with Gasteiger partial charge in [-0.25, -0.2) is 4.98 Å². The summed E-state index contributed by atoms with van der Waals surface area (Å²) in [4.78, 5) is 42.1. The molecule has 1 aliphatic rings. The highest BCUT2D eigenvalue weighted by atomic mass is 16.4. The zero-order valence-corrected chi connectivity index (χ0v) is 17.9. The number of hydrogen-bond donors (Lipinski definition) is 2. The molecule has 1 amide bonds. The summed E-state index contributed by atoms with van der Waals surface area (Å²) in [6.45, 7) is 0. The molecule has 1 fully saturated rings. The normalized spacial score (nSPS) is 18.3. The first-order valence-electron chi connectivity index (χ1n) is 11.1. The number of nitrogens with zero attached hydrogens (tertiary/aromatic N) is 2. The number of amides is 1. The van der Waals surface area contributed by atoms with Crippen molar-refractivity contribution in [3.63, 3.8) is 0 Å². The molecule has 0 bridgehead atoms. The van der Waals surface area contributed by atoms with Crippen molar-refractivity contribution in [2.45, 2.75) is 31.7 Å². The molecular formula is C26H23N3O4. The molecule has 2 heterocycles. The Kier molecular flexibility index (Phi) is 5.38. The van der Waals surface area contributed by atoms with Gasteiger partial charge in [-0.3, -0.25) is 18.8 Å². The number of nitrogens with one attached hydrogen (secondary N) is 1. The Bertz CT molecular complexity index is 1420. The van der Waals surface area contributed by atoms with Crippen molar-refractivity contribution >= 4 is 28.4 Å². The number of rotatable bonds is 4. The molecule has 5 rings (SSSR count). The van der Waals surface area contributed by atoms with Gasteiger partial charge in [0.15, 0.2) is 5.65 Å². The van der Waals surface area contributed by atoms with E-state index in [1.807, 2.05) is 42.5 Å². The van der Waals surface area contributed by atoms with Crippen LogP contribution in [0.3, 0.4) is 0 Å². The first kappa shape index (κ1) is 20.9. The van der Waals surface area contributed by atoms with E-state index < -0.39 is 5.97 Å². The molecule has 7 nitrogen and oxygen atoms in total. The largest absolute Gasteiger partial charge is 0.481 e. The van der Waals surface area contributed by atoms with Gasteiger partial charge in [0.1, 0.15) is 0 Å². The van der Waals surface area contributed by atoms with E-state index in [-0.39, 0.29) is 23.4 Å². The molecule has 2 aromatic carbocycles. The lowest BCUT2D eigenvalue weighted by Gasteiger charge is -2.26.